The van der Waals surface area contributed by atoms with Crippen molar-refractivity contribution in [3.05, 3.63) is 59.7 Å². The van der Waals surface area contributed by atoms with Gasteiger partial charge in [0.15, 0.2) is 0 Å². The smallest absolute Gasteiger partial charge is 0.872 e. The fraction of sp³-hybridized carbons (Fsp3) is 0.0556. The molecule has 3 rings (SSSR count). The van der Waals surface area contributed by atoms with E-state index < -0.39 is 21.8 Å². The first kappa shape index (κ1) is 25.7. The van der Waals surface area contributed by atoms with E-state index in [9.17, 15) is 22.9 Å². The van der Waals surface area contributed by atoms with E-state index in [1.54, 1.807) is 18.2 Å². The summed E-state index contributed by atoms with van der Waals surface area (Å²) in [6, 6.07) is 11.3. The zero-order valence-corrected chi connectivity index (χ0v) is 20.7. The van der Waals surface area contributed by atoms with E-state index in [1.807, 2.05) is 0 Å². The minimum Gasteiger partial charge on any atom is -0.872 e. The third kappa shape index (κ3) is 6.09. The first-order valence-corrected chi connectivity index (χ1v) is 9.02. The summed E-state index contributed by atoms with van der Waals surface area (Å²) in [6.45, 7) is 1.49. The number of fused-ring (bicyclic) bond motifs is 1. The summed E-state index contributed by atoms with van der Waals surface area (Å²) in [4.78, 5) is 10.8. The van der Waals surface area contributed by atoms with E-state index in [4.69, 9.17) is 5.11 Å². The molecule has 29 heavy (non-hydrogen) atoms. The van der Waals surface area contributed by atoms with Gasteiger partial charge in [-0.3, -0.25) is 0 Å². The van der Waals surface area contributed by atoms with Crippen LogP contribution in [0.15, 0.2) is 63.7 Å². The maximum Gasteiger partial charge on any atom is 1.00 e. The number of rotatable bonds is 4. The van der Waals surface area contributed by atoms with Gasteiger partial charge in [-0.1, -0.05) is 23.4 Å². The van der Waals surface area contributed by atoms with Crippen LogP contribution in [0.4, 0.5) is 11.4 Å². The molecule has 8 nitrogen and oxygen atoms in total. The van der Waals surface area contributed by atoms with Crippen molar-refractivity contribution >= 4 is 38.2 Å². The first-order chi connectivity index (χ1) is 12.6. The molecule has 0 unspecified atom stereocenters. The number of hydrogen-bond acceptors (Lipinski definition) is 7. The molecule has 3 aromatic carbocycles. The molecule has 0 aromatic heterocycles. The molecule has 0 aliphatic carbocycles. The Balaban J connectivity index is 0.00000210. The molecule has 0 fully saturated rings. The van der Waals surface area contributed by atoms with Gasteiger partial charge >= 0.3 is 65.1 Å². The van der Waals surface area contributed by atoms with Crippen molar-refractivity contribution < 1.29 is 87.1 Å². The Morgan fingerprint density at radius 3 is 2.14 bits per heavy atom. The third-order valence-corrected chi connectivity index (χ3v) is 4.69. The average molecular weight is 430 g/mol. The number of hydrogen-bond donors (Lipinski definition) is 1. The molecule has 0 saturated heterocycles. The van der Waals surface area contributed by atoms with Crippen molar-refractivity contribution in [2.75, 3.05) is 0 Å². The van der Waals surface area contributed by atoms with Crippen LogP contribution in [0, 0.1) is 6.92 Å². The molecule has 1 N–H and O–H groups in total. The van der Waals surface area contributed by atoms with Gasteiger partial charge in [0.2, 0.25) is 0 Å². The predicted octanol–water partition coefficient (Wildman–Crippen LogP) is -2.75. The topological polar surface area (TPSA) is 142 Å². The summed E-state index contributed by atoms with van der Waals surface area (Å²) < 4.78 is 33.2. The average Bonchev–Trinajstić information content (AvgIpc) is 2.60. The maximum absolute atomic E-state index is 11.8. The quantitative estimate of drug-likeness (QED) is 0.270. The predicted molar refractivity (Wildman–Crippen MR) is 93.7 cm³/mol. The molecular formula is C18H12N2Na2O6S. The first-order valence-electron chi connectivity index (χ1n) is 7.61. The Kier molecular flexibility index (Phi) is 9.00. The third-order valence-electron chi connectivity index (χ3n) is 3.85. The summed E-state index contributed by atoms with van der Waals surface area (Å²) in [7, 11) is -4.53. The molecule has 0 aliphatic rings. The molecule has 0 saturated carbocycles. The van der Waals surface area contributed by atoms with Crippen molar-refractivity contribution in [3.63, 3.8) is 0 Å². The number of carbonyl (C=O) groups is 1. The van der Waals surface area contributed by atoms with E-state index in [1.165, 1.54) is 31.2 Å². The van der Waals surface area contributed by atoms with E-state index >= 15 is 0 Å². The maximum atomic E-state index is 11.8. The number of aryl methyl sites for hydroxylation is 1. The molecular weight excluding hydrogens is 418 g/mol. The van der Waals surface area contributed by atoms with Crippen LogP contribution in [0.25, 0.3) is 10.8 Å². The minimum atomic E-state index is -4.53. The van der Waals surface area contributed by atoms with Crippen LogP contribution in [-0.4, -0.2) is 24.0 Å². The number of benzene rings is 3. The van der Waals surface area contributed by atoms with Crippen LogP contribution >= 0.6 is 0 Å². The Morgan fingerprint density at radius 1 is 0.931 bits per heavy atom. The molecule has 3 aromatic rings. The van der Waals surface area contributed by atoms with E-state index in [0.29, 0.717) is 16.5 Å². The number of azo groups is 1. The van der Waals surface area contributed by atoms with E-state index in [2.05, 4.69) is 10.2 Å². The fourth-order valence-electron chi connectivity index (χ4n) is 2.52. The zero-order valence-electron chi connectivity index (χ0n) is 15.9. The summed E-state index contributed by atoms with van der Waals surface area (Å²) >= 11 is 0. The Hall–Kier alpha value is -1.30. The van der Waals surface area contributed by atoms with Crippen LogP contribution < -0.4 is 64.2 Å². The summed E-state index contributed by atoms with van der Waals surface area (Å²) in [6.07, 6.45) is 0. The van der Waals surface area contributed by atoms with Gasteiger partial charge in [0.25, 0.3) is 0 Å². The molecule has 0 atom stereocenters. The van der Waals surface area contributed by atoms with Crippen molar-refractivity contribution in [2.24, 2.45) is 10.2 Å². The van der Waals surface area contributed by atoms with Gasteiger partial charge in [0.1, 0.15) is 10.1 Å². The molecule has 138 valence electrons. The Bertz CT molecular complexity index is 1210. The second kappa shape index (κ2) is 10.1. The molecule has 0 radical (unpaired) electrons. The summed E-state index contributed by atoms with van der Waals surface area (Å²) in [5.41, 5.74) is 0.515. The van der Waals surface area contributed by atoms with Crippen LogP contribution in [-0.2, 0) is 10.1 Å². The van der Waals surface area contributed by atoms with Gasteiger partial charge < -0.3 is 14.8 Å². The van der Waals surface area contributed by atoms with E-state index in [0.717, 1.165) is 6.07 Å². The number of carboxylic acids is 1. The van der Waals surface area contributed by atoms with E-state index in [-0.39, 0.29) is 80.8 Å². The van der Waals surface area contributed by atoms with Crippen LogP contribution in [0.1, 0.15) is 15.9 Å². The Labute approximate surface area is 211 Å². The Morgan fingerprint density at radius 2 is 1.52 bits per heavy atom. The van der Waals surface area contributed by atoms with Gasteiger partial charge in [-0.05, 0) is 54.1 Å². The van der Waals surface area contributed by atoms with Crippen molar-refractivity contribution in [3.8, 4) is 5.75 Å². The second-order valence-corrected chi connectivity index (χ2v) is 7.17. The molecule has 0 amide bonds. The van der Waals surface area contributed by atoms with Crippen molar-refractivity contribution in [1.82, 2.24) is 0 Å². The SMILES string of the molecule is Cc1cc(N=Nc2ccc3cc(S(=O)(=O)[O-])ccc3c2)cc(C(=O)O)c1[O-].[Na+].[Na+]. The number of nitrogens with zero attached hydrogens (tertiary/aromatic N) is 2. The molecule has 0 aliphatic heterocycles. The minimum absolute atomic E-state index is 0. The van der Waals surface area contributed by atoms with Gasteiger partial charge in [0, 0.05) is 0 Å². The molecule has 0 bridgehead atoms. The van der Waals surface area contributed by atoms with Crippen LogP contribution in [0.3, 0.4) is 0 Å². The normalized spacial score (nSPS) is 11.1. The van der Waals surface area contributed by atoms with Gasteiger partial charge in [-0.15, -0.1) is 0 Å². The number of aromatic carboxylic acids is 1. The van der Waals surface area contributed by atoms with Gasteiger partial charge in [-0.25, -0.2) is 13.2 Å². The number of carboxylic acid groups (broad SMARTS) is 1. The second-order valence-electron chi connectivity index (χ2n) is 5.79. The van der Waals surface area contributed by atoms with Gasteiger partial charge in [-0.2, -0.15) is 10.2 Å². The summed E-state index contributed by atoms with van der Waals surface area (Å²) in [5.74, 6) is -1.91. The molecule has 11 heteroatoms. The monoisotopic (exact) mass is 430 g/mol. The summed E-state index contributed by atoms with van der Waals surface area (Å²) in [5, 5.41) is 30.0. The van der Waals surface area contributed by atoms with Gasteiger partial charge in [0.05, 0.1) is 21.8 Å². The molecule has 0 spiro atoms. The fourth-order valence-corrected chi connectivity index (χ4v) is 3.02. The largest absolute Gasteiger partial charge is 1.00 e. The van der Waals surface area contributed by atoms with Crippen molar-refractivity contribution in [2.45, 2.75) is 11.8 Å². The molecule has 0 heterocycles. The standard InChI is InChI=1S/C18H14N2O6S.2Na/c1-10-6-14(9-16(17(10)21)18(22)23)20-19-13-4-2-12-8-15(27(24,25)26)5-3-11(12)7-13;;/h2-9,21H,1H3,(H,22,23)(H,24,25,26);;/q;2*+1/p-2. The van der Waals surface area contributed by atoms with Crippen LogP contribution in [0.2, 0.25) is 0 Å². The van der Waals surface area contributed by atoms with Crippen LogP contribution in [0.5, 0.6) is 5.75 Å². The van der Waals surface area contributed by atoms with Crippen molar-refractivity contribution in [1.29, 1.82) is 0 Å². The zero-order chi connectivity index (χ0) is 19.8.